The van der Waals surface area contributed by atoms with Crippen LogP contribution in [0.2, 0.25) is 0 Å². The number of carbonyl (C=O) groups is 2. The number of fused-ring (bicyclic) bond motifs is 1. The largest absolute Gasteiger partial charge is 0.444 e. The van der Waals surface area contributed by atoms with Crippen LogP contribution in [0.5, 0.6) is 0 Å². The normalized spacial score (nSPS) is 18.4. The molecule has 1 aromatic carbocycles. The highest BCUT2D eigenvalue weighted by Gasteiger charge is 2.30. The number of anilines is 1. The Labute approximate surface area is 153 Å². The van der Waals surface area contributed by atoms with Crippen molar-refractivity contribution in [2.24, 2.45) is 5.92 Å². The molecule has 1 N–H and O–H groups in total. The molecule has 0 aromatic heterocycles. The number of hydrogen-bond acceptors (Lipinski definition) is 3. The number of amides is 3. The van der Waals surface area contributed by atoms with E-state index in [1.54, 1.807) is 15.9 Å². The van der Waals surface area contributed by atoms with Crippen LogP contribution in [0, 0.1) is 11.7 Å². The SMILES string of the molecule is CC(C)(C)OC(=O)N1CCC(CN2Cc3cc(F)ccc3NC2=O)CC1. The average Bonchev–Trinajstić information content (AvgIpc) is 2.55. The topological polar surface area (TPSA) is 61.9 Å². The highest BCUT2D eigenvalue weighted by molar-refractivity contribution is 5.92. The molecule has 2 aliphatic heterocycles. The molecule has 26 heavy (non-hydrogen) atoms. The molecule has 1 fully saturated rings. The lowest BCUT2D eigenvalue weighted by Crippen LogP contribution is -2.46. The molecule has 0 aliphatic carbocycles. The van der Waals surface area contributed by atoms with E-state index in [1.165, 1.54) is 12.1 Å². The van der Waals surface area contributed by atoms with Gasteiger partial charge in [-0.1, -0.05) is 0 Å². The van der Waals surface area contributed by atoms with Gasteiger partial charge in [0.2, 0.25) is 0 Å². The number of ether oxygens (including phenoxy) is 1. The van der Waals surface area contributed by atoms with E-state index in [0.717, 1.165) is 18.4 Å². The van der Waals surface area contributed by atoms with Crippen molar-refractivity contribution < 1.29 is 18.7 Å². The smallest absolute Gasteiger partial charge is 0.410 e. The Morgan fingerprint density at radius 1 is 1.31 bits per heavy atom. The molecular formula is C19H26FN3O3. The van der Waals surface area contributed by atoms with Gasteiger partial charge in [-0.2, -0.15) is 0 Å². The zero-order valence-electron chi connectivity index (χ0n) is 15.5. The predicted octanol–water partition coefficient (Wildman–Crippen LogP) is 3.82. The molecule has 0 atom stereocenters. The van der Waals surface area contributed by atoms with Crippen LogP contribution in [0.3, 0.4) is 0 Å². The summed E-state index contributed by atoms with van der Waals surface area (Å²) in [5, 5.41) is 2.82. The van der Waals surface area contributed by atoms with E-state index in [4.69, 9.17) is 4.74 Å². The lowest BCUT2D eigenvalue weighted by Gasteiger charge is -2.37. The second kappa shape index (κ2) is 7.13. The van der Waals surface area contributed by atoms with Crippen molar-refractivity contribution in [1.29, 1.82) is 0 Å². The van der Waals surface area contributed by atoms with Gasteiger partial charge in [-0.25, -0.2) is 14.0 Å². The van der Waals surface area contributed by atoms with Crippen LogP contribution in [0.15, 0.2) is 18.2 Å². The summed E-state index contributed by atoms with van der Waals surface area (Å²) in [6.07, 6.45) is 1.36. The summed E-state index contributed by atoms with van der Waals surface area (Å²) in [4.78, 5) is 27.8. The Balaban J connectivity index is 1.53. The first kappa shape index (κ1) is 18.5. The van der Waals surface area contributed by atoms with E-state index in [2.05, 4.69) is 5.32 Å². The summed E-state index contributed by atoms with van der Waals surface area (Å²) in [5.74, 6) is 0.0139. The van der Waals surface area contributed by atoms with Crippen molar-refractivity contribution >= 4 is 17.8 Å². The van der Waals surface area contributed by atoms with Crippen molar-refractivity contribution in [2.75, 3.05) is 25.0 Å². The van der Waals surface area contributed by atoms with Gasteiger partial charge in [0.1, 0.15) is 11.4 Å². The highest BCUT2D eigenvalue weighted by atomic mass is 19.1. The lowest BCUT2D eigenvalue weighted by atomic mass is 9.96. The summed E-state index contributed by atoms with van der Waals surface area (Å²) >= 11 is 0. The molecule has 1 saturated heterocycles. The van der Waals surface area contributed by atoms with Crippen molar-refractivity contribution in [3.63, 3.8) is 0 Å². The number of nitrogens with one attached hydrogen (secondary N) is 1. The maximum Gasteiger partial charge on any atom is 0.410 e. The summed E-state index contributed by atoms with van der Waals surface area (Å²) in [5.41, 5.74) is 0.964. The van der Waals surface area contributed by atoms with E-state index in [0.29, 0.717) is 37.8 Å². The minimum absolute atomic E-state index is 0.154. The zero-order chi connectivity index (χ0) is 18.9. The van der Waals surface area contributed by atoms with Gasteiger partial charge in [0, 0.05) is 31.9 Å². The number of urea groups is 1. The Morgan fingerprint density at radius 2 is 2.00 bits per heavy atom. The summed E-state index contributed by atoms with van der Waals surface area (Å²) < 4.78 is 18.8. The minimum atomic E-state index is -0.498. The molecule has 2 heterocycles. The first-order valence-corrected chi connectivity index (χ1v) is 9.03. The van der Waals surface area contributed by atoms with Crippen LogP contribution < -0.4 is 5.32 Å². The van der Waals surface area contributed by atoms with Crippen LogP contribution in [0.25, 0.3) is 0 Å². The van der Waals surface area contributed by atoms with E-state index in [1.807, 2.05) is 20.8 Å². The molecule has 142 valence electrons. The van der Waals surface area contributed by atoms with Gasteiger partial charge in [0.25, 0.3) is 0 Å². The number of benzene rings is 1. The summed E-state index contributed by atoms with van der Waals surface area (Å²) in [7, 11) is 0. The third-order valence-corrected chi connectivity index (χ3v) is 4.70. The summed E-state index contributed by atoms with van der Waals surface area (Å²) in [6.45, 7) is 7.82. The van der Waals surface area contributed by atoms with Crippen LogP contribution in [-0.4, -0.2) is 47.2 Å². The summed E-state index contributed by atoms with van der Waals surface area (Å²) in [6, 6.07) is 4.26. The highest BCUT2D eigenvalue weighted by Crippen LogP contribution is 2.27. The Hall–Kier alpha value is -2.31. The standard InChI is InChI=1S/C19H26FN3O3/c1-19(2,3)26-18(25)22-8-6-13(7-9-22)11-23-12-14-10-15(20)4-5-16(14)21-17(23)24/h4-5,10,13H,6-9,11-12H2,1-3H3,(H,21,24). The average molecular weight is 363 g/mol. The third kappa shape index (κ3) is 4.45. The fourth-order valence-electron chi connectivity index (χ4n) is 3.37. The number of nitrogens with zero attached hydrogens (tertiary/aromatic N) is 2. The molecule has 0 unspecified atom stereocenters. The quantitative estimate of drug-likeness (QED) is 0.869. The van der Waals surface area contributed by atoms with Crippen LogP contribution in [-0.2, 0) is 11.3 Å². The van der Waals surface area contributed by atoms with Crippen LogP contribution >= 0.6 is 0 Å². The molecule has 3 amide bonds. The second-order valence-corrected chi connectivity index (χ2v) is 8.02. The number of rotatable bonds is 2. The van der Waals surface area contributed by atoms with E-state index < -0.39 is 5.60 Å². The van der Waals surface area contributed by atoms with Gasteiger partial charge >= 0.3 is 12.1 Å². The van der Waals surface area contributed by atoms with Gasteiger partial charge in [-0.05, 0) is 63.3 Å². The maximum absolute atomic E-state index is 13.4. The molecule has 1 aromatic rings. The third-order valence-electron chi connectivity index (χ3n) is 4.70. The van der Waals surface area contributed by atoms with Gasteiger partial charge in [-0.15, -0.1) is 0 Å². The molecule has 0 saturated carbocycles. The fraction of sp³-hybridized carbons (Fsp3) is 0.579. The molecular weight excluding hydrogens is 337 g/mol. The maximum atomic E-state index is 13.4. The second-order valence-electron chi connectivity index (χ2n) is 8.02. The Morgan fingerprint density at radius 3 is 2.65 bits per heavy atom. The fourth-order valence-corrected chi connectivity index (χ4v) is 3.37. The number of hydrogen-bond donors (Lipinski definition) is 1. The van der Waals surface area contributed by atoms with Crippen molar-refractivity contribution in [3.8, 4) is 0 Å². The predicted molar refractivity (Wildman–Crippen MR) is 96.4 cm³/mol. The molecule has 3 rings (SSSR count). The van der Waals surface area contributed by atoms with Gasteiger partial charge in [0.05, 0.1) is 0 Å². The van der Waals surface area contributed by atoms with E-state index in [-0.39, 0.29) is 17.9 Å². The van der Waals surface area contributed by atoms with Gasteiger partial charge in [0.15, 0.2) is 0 Å². The number of carbonyl (C=O) groups excluding carboxylic acids is 2. The van der Waals surface area contributed by atoms with Crippen molar-refractivity contribution in [2.45, 2.75) is 45.8 Å². The Bertz CT molecular complexity index is 694. The monoisotopic (exact) mass is 363 g/mol. The minimum Gasteiger partial charge on any atom is -0.444 e. The Kier molecular flexibility index (Phi) is 5.07. The molecule has 0 bridgehead atoms. The van der Waals surface area contributed by atoms with Crippen LogP contribution in [0.1, 0.15) is 39.2 Å². The van der Waals surface area contributed by atoms with E-state index in [9.17, 15) is 14.0 Å². The number of likely N-dealkylation sites (tertiary alicyclic amines) is 1. The van der Waals surface area contributed by atoms with E-state index >= 15 is 0 Å². The van der Waals surface area contributed by atoms with Crippen LogP contribution in [0.4, 0.5) is 19.7 Å². The molecule has 0 spiro atoms. The first-order valence-electron chi connectivity index (χ1n) is 9.03. The molecule has 0 radical (unpaired) electrons. The molecule has 7 heteroatoms. The zero-order valence-corrected chi connectivity index (χ0v) is 15.5. The number of halogens is 1. The molecule has 2 aliphatic rings. The van der Waals surface area contributed by atoms with Crippen molar-refractivity contribution in [3.05, 3.63) is 29.6 Å². The number of piperidine rings is 1. The van der Waals surface area contributed by atoms with Gasteiger partial charge in [-0.3, -0.25) is 0 Å². The van der Waals surface area contributed by atoms with Gasteiger partial charge < -0.3 is 19.9 Å². The molecule has 6 nitrogen and oxygen atoms in total. The first-order chi connectivity index (χ1) is 12.2. The van der Waals surface area contributed by atoms with Crippen molar-refractivity contribution in [1.82, 2.24) is 9.80 Å². The lowest BCUT2D eigenvalue weighted by molar-refractivity contribution is 0.0173.